The Labute approximate surface area is 126 Å². The minimum atomic E-state index is 0.0912. The van der Waals surface area contributed by atoms with Crippen molar-refractivity contribution in [1.29, 1.82) is 5.26 Å². The van der Waals surface area contributed by atoms with Crippen LogP contribution in [-0.4, -0.2) is 0 Å². The first kappa shape index (κ1) is 13.9. The van der Waals surface area contributed by atoms with E-state index in [1.165, 1.54) is 0 Å². The van der Waals surface area contributed by atoms with Crippen LogP contribution >= 0.6 is 27.5 Å². The number of hydrogen-bond acceptors (Lipinski definition) is 2. The highest BCUT2D eigenvalue weighted by Gasteiger charge is 2.09. The first-order valence-electron chi connectivity index (χ1n) is 5.82. The van der Waals surface area contributed by atoms with E-state index in [0.717, 1.165) is 20.7 Å². The summed E-state index contributed by atoms with van der Waals surface area (Å²) in [6, 6.07) is 15.4. The highest BCUT2D eigenvalue weighted by atomic mass is 79.9. The molecule has 2 aromatic rings. The quantitative estimate of drug-likeness (QED) is 0.842. The van der Waals surface area contributed by atoms with Gasteiger partial charge in [0, 0.05) is 21.2 Å². The summed E-state index contributed by atoms with van der Waals surface area (Å²) >= 11 is 9.62. The highest BCUT2D eigenvalue weighted by molar-refractivity contribution is 9.10. The zero-order chi connectivity index (χ0) is 13.8. The number of hydrogen-bond donors (Lipinski definition) is 1. The lowest BCUT2D eigenvalue weighted by atomic mass is 10.1. The maximum atomic E-state index is 8.76. The topological polar surface area (TPSA) is 35.8 Å². The van der Waals surface area contributed by atoms with Gasteiger partial charge in [-0.15, -0.1) is 0 Å². The number of nitriles is 1. The third kappa shape index (κ3) is 3.50. The number of benzene rings is 2. The molecule has 0 aliphatic carbocycles. The molecule has 2 aromatic carbocycles. The molecule has 0 spiro atoms. The van der Waals surface area contributed by atoms with Crippen molar-refractivity contribution in [1.82, 2.24) is 0 Å². The molecule has 0 aliphatic heterocycles. The molecule has 0 saturated heterocycles. The van der Waals surface area contributed by atoms with E-state index in [-0.39, 0.29) is 6.04 Å². The molecule has 0 aromatic heterocycles. The number of nitrogens with one attached hydrogen (secondary N) is 1. The summed E-state index contributed by atoms with van der Waals surface area (Å²) in [5.41, 5.74) is 2.65. The van der Waals surface area contributed by atoms with Gasteiger partial charge in [-0.2, -0.15) is 5.26 Å². The Morgan fingerprint density at radius 3 is 2.47 bits per heavy atom. The Morgan fingerprint density at radius 1 is 1.21 bits per heavy atom. The fourth-order valence-electron chi connectivity index (χ4n) is 1.82. The summed E-state index contributed by atoms with van der Waals surface area (Å²) in [5.74, 6) is 0. The average Bonchev–Trinajstić information content (AvgIpc) is 2.39. The Kier molecular flexibility index (Phi) is 4.47. The van der Waals surface area contributed by atoms with Crippen molar-refractivity contribution >= 4 is 33.2 Å². The van der Waals surface area contributed by atoms with E-state index in [9.17, 15) is 0 Å². The van der Waals surface area contributed by atoms with E-state index < -0.39 is 0 Å². The summed E-state index contributed by atoms with van der Waals surface area (Å²) in [7, 11) is 0. The van der Waals surface area contributed by atoms with Crippen molar-refractivity contribution in [3.05, 3.63) is 63.1 Å². The number of nitrogens with zero attached hydrogens (tertiary/aromatic N) is 1. The van der Waals surface area contributed by atoms with E-state index in [1.807, 2.05) is 37.3 Å². The Balaban J connectivity index is 2.16. The van der Waals surface area contributed by atoms with Crippen molar-refractivity contribution < 1.29 is 0 Å². The van der Waals surface area contributed by atoms with Gasteiger partial charge < -0.3 is 5.32 Å². The standard InChI is InChI=1S/C15H12BrClN2/c1-10(14-7-4-12(16)8-15(14)17)19-13-5-2-11(9-18)3-6-13/h2-8,10,19H,1H3. The Hall–Kier alpha value is -1.50. The molecule has 0 aliphatic rings. The maximum absolute atomic E-state index is 8.76. The molecule has 0 saturated carbocycles. The van der Waals surface area contributed by atoms with E-state index in [1.54, 1.807) is 12.1 Å². The molecule has 2 rings (SSSR count). The predicted octanol–water partition coefficient (Wildman–Crippen LogP) is 5.15. The van der Waals surface area contributed by atoms with Crippen LogP contribution in [0.25, 0.3) is 0 Å². The van der Waals surface area contributed by atoms with E-state index in [4.69, 9.17) is 16.9 Å². The summed E-state index contributed by atoms with van der Waals surface area (Å²) in [4.78, 5) is 0. The van der Waals surface area contributed by atoms with Gasteiger partial charge in [-0.3, -0.25) is 0 Å². The molecule has 96 valence electrons. The zero-order valence-corrected chi connectivity index (χ0v) is 12.7. The van der Waals surface area contributed by atoms with Gasteiger partial charge in [0.25, 0.3) is 0 Å². The zero-order valence-electron chi connectivity index (χ0n) is 10.3. The molecule has 1 unspecified atom stereocenters. The number of halogens is 2. The molecule has 0 bridgehead atoms. The Bertz CT molecular complexity index is 617. The minimum Gasteiger partial charge on any atom is -0.378 e. The van der Waals surface area contributed by atoms with Crippen molar-refractivity contribution in [3.63, 3.8) is 0 Å². The second-order valence-electron chi connectivity index (χ2n) is 4.22. The van der Waals surface area contributed by atoms with Crippen LogP contribution in [0.5, 0.6) is 0 Å². The molecule has 2 nitrogen and oxygen atoms in total. The lowest BCUT2D eigenvalue weighted by Gasteiger charge is -2.17. The predicted molar refractivity (Wildman–Crippen MR) is 82.3 cm³/mol. The van der Waals surface area contributed by atoms with Crippen LogP contribution < -0.4 is 5.32 Å². The maximum Gasteiger partial charge on any atom is 0.0991 e. The lowest BCUT2D eigenvalue weighted by molar-refractivity contribution is 0.884. The third-order valence-electron chi connectivity index (χ3n) is 2.83. The normalized spacial score (nSPS) is 11.7. The second-order valence-corrected chi connectivity index (χ2v) is 5.54. The van der Waals surface area contributed by atoms with E-state index >= 15 is 0 Å². The first-order chi connectivity index (χ1) is 9.10. The van der Waals surface area contributed by atoms with Crippen LogP contribution in [0.4, 0.5) is 5.69 Å². The van der Waals surface area contributed by atoms with Gasteiger partial charge in [0.15, 0.2) is 0 Å². The smallest absolute Gasteiger partial charge is 0.0991 e. The molecule has 19 heavy (non-hydrogen) atoms. The first-order valence-corrected chi connectivity index (χ1v) is 6.99. The summed E-state index contributed by atoms with van der Waals surface area (Å²) < 4.78 is 0.965. The van der Waals surface area contributed by atoms with Gasteiger partial charge in [-0.1, -0.05) is 33.6 Å². The lowest BCUT2D eigenvalue weighted by Crippen LogP contribution is -2.07. The monoisotopic (exact) mass is 334 g/mol. The van der Waals surface area contributed by atoms with Crippen LogP contribution in [-0.2, 0) is 0 Å². The van der Waals surface area contributed by atoms with Crippen LogP contribution in [0, 0.1) is 11.3 Å². The van der Waals surface area contributed by atoms with Gasteiger partial charge in [-0.25, -0.2) is 0 Å². The van der Waals surface area contributed by atoms with E-state index in [2.05, 4.69) is 27.3 Å². The third-order valence-corrected chi connectivity index (χ3v) is 3.65. The molecule has 0 heterocycles. The largest absolute Gasteiger partial charge is 0.378 e. The van der Waals surface area contributed by atoms with Gasteiger partial charge in [0.2, 0.25) is 0 Å². The summed E-state index contributed by atoms with van der Waals surface area (Å²) in [5, 5.41) is 12.8. The fourth-order valence-corrected chi connectivity index (χ4v) is 2.66. The molecule has 0 radical (unpaired) electrons. The second kappa shape index (κ2) is 6.10. The van der Waals surface area contributed by atoms with E-state index in [0.29, 0.717) is 5.56 Å². The van der Waals surface area contributed by atoms with Crippen molar-refractivity contribution in [3.8, 4) is 6.07 Å². The number of anilines is 1. The summed E-state index contributed by atoms with van der Waals surface area (Å²) in [6.07, 6.45) is 0. The van der Waals surface area contributed by atoms with Crippen LogP contribution in [0.15, 0.2) is 46.9 Å². The van der Waals surface area contributed by atoms with Crippen LogP contribution in [0.3, 0.4) is 0 Å². The number of rotatable bonds is 3. The van der Waals surface area contributed by atoms with Gasteiger partial charge in [0.05, 0.1) is 11.6 Å². The van der Waals surface area contributed by atoms with Crippen LogP contribution in [0.2, 0.25) is 5.02 Å². The molecule has 1 atom stereocenters. The Morgan fingerprint density at radius 2 is 1.89 bits per heavy atom. The van der Waals surface area contributed by atoms with Crippen molar-refractivity contribution in [2.24, 2.45) is 0 Å². The average molecular weight is 336 g/mol. The molecular formula is C15H12BrClN2. The minimum absolute atomic E-state index is 0.0912. The highest BCUT2D eigenvalue weighted by Crippen LogP contribution is 2.28. The van der Waals surface area contributed by atoms with Crippen molar-refractivity contribution in [2.75, 3.05) is 5.32 Å². The van der Waals surface area contributed by atoms with Gasteiger partial charge in [-0.05, 0) is 48.9 Å². The molecule has 0 fully saturated rings. The SMILES string of the molecule is CC(Nc1ccc(C#N)cc1)c1ccc(Br)cc1Cl. The van der Waals surface area contributed by atoms with Crippen molar-refractivity contribution in [2.45, 2.75) is 13.0 Å². The van der Waals surface area contributed by atoms with Gasteiger partial charge in [0.1, 0.15) is 0 Å². The fraction of sp³-hybridized carbons (Fsp3) is 0.133. The summed E-state index contributed by atoms with van der Waals surface area (Å²) in [6.45, 7) is 2.05. The van der Waals surface area contributed by atoms with Gasteiger partial charge >= 0.3 is 0 Å². The molecule has 1 N–H and O–H groups in total. The van der Waals surface area contributed by atoms with Crippen LogP contribution in [0.1, 0.15) is 24.1 Å². The molecular weight excluding hydrogens is 324 g/mol. The molecule has 0 amide bonds. The molecule has 4 heteroatoms.